The van der Waals surface area contributed by atoms with Gasteiger partial charge < -0.3 is 10.1 Å². The first kappa shape index (κ1) is 15.4. The molecular formula is C21H17NO3. The number of ketones is 1. The van der Waals surface area contributed by atoms with Crippen LogP contribution in [0.3, 0.4) is 0 Å². The van der Waals surface area contributed by atoms with E-state index in [0.717, 1.165) is 16.8 Å². The normalized spacial score (nSPS) is 18.6. The molecule has 0 unspecified atom stereocenters. The van der Waals surface area contributed by atoms with Gasteiger partial charge >= 0.3 is 5.97 Å². The van der Waals surface area contributed by atoms with Gasteiger partial charge in [0.25, 0.3) is 0 Å². The number of fused-ring (bicyclic) bond motifs is 2. The molecule has 1 heterocycles. The van der Waals surface area contributed by atoms with E-state index in [1.165, 1.54) is 7.11 Å². The predicted octanol–water partition coefficient (Wildman–Crippen LogP) is 3.43. The van der Waals surface area contributed by atoms with Crippen molar-refractivity contribution in [1.29, 1.82) is 0 Å². The van der Waals surface area contributed by atoms with Crippen LogP contribution in [0.1, 0.15) is 34.3 Å². The fraction of sp³-hybridized carbons (Fsp3) is 0.143. The number of methoxy groups -OCH3 is 1. The van der Waals surface area contributed by atoms with Gasteiger partial charge in [-0.15, -0.1) is 0 Å². The molecule has 1 aliphatic carbocycles. The molecule has 4 heteroatoms. The first-order valence-corrected chi connectivity index (χ1v) is 8.12. The Hall–Kier alpha value is -3.14. The van der Waals surface area contributed by atoms with Gasteiger partial charge in [0.15, 0.2) is 5.78 Å². The fourth-order valence-corrected chi connectivity index (χ4v) is 3.69. The van der Waals surface area contributed by atoms with Gasteiger partial charge in [0.2, 0.25) is 0 Å². The van der Waals surface area contributed by atoms with Crippen molar-refractivity contribution in [1.82, 2.24) is 5.32 Å². The number of carbonyl (C=O) groups is 2. The number of dihydropyridines is 1. The number of nitrogens with one attached hydrogen (secondary N) is 1. The van der Waals surface area contributed by atoms with Crippen LogP contribution in [0.5, 0.6) is 0 Å². The van der Waals surface area contributed by atoms with Crippen molar-refractivity contribution >= 4 is 17.4 Å². The number of rotatable bonds is 2. The molecular weight excluding hydrogens is 314 g/mol. The highest BCUT2D eigenvalue weighted by atomic mass is 16.5. The summed E-state index contributed by atoms with van der Waals surface area (Å²) in [5.74, 6) is -0.903. The van der Waals surface area contributed by atoms with E-state index in [1.54, 1.807) is 0 Å². The van der Waals surface area contributed by atoms with Crippen LogP contribution >= 0.6 is 0 Å². The molecule has 0 amide bonds. The second kappa shape index (κ2) is 5.74. The molecule has 0 aromatic heterocycles. The van der Waals surface area contributed by atoms with Gasteiger partial charge in [-0.1, -0.05) is 54.6 Å². The Kier molecular flexibility index (Phi) is 3.53. The van der Waals surface area contributed by atoms with Crippen LogP contribution in [0.2, 0.25) is 0 Å². The molecule has 2 aliphatic rings. The van der Waals surface area contributed by atoms with E-state index in [9.17, 15) is 9.59 Å². The van der Waals surface area contributed by atoms with Crippen LogP contribution in [0.15, 0.2) is 71.4 Å². The van der Waals surface area contributed by atoms with Crippen LogP contribution in [0, 0.1) is 0 Å². The van der Waals surface area contributed by atoms with Gasteiger partial charge in [0, 0.05) is 28.3 Å². The molecule has 0 radical (unpaired) electrons. The molecule has 2 aromatic rings. The van der Waals surface area contributed by atoms with Gasteiger partial charge in [-0.05, 0) is 12.5 Å². The van der Waals surface area contributed by atoms with E-state index in [4.69, 9.17) is 4.74 Å². The highest BCUT2D eigenvalue weighted by molar-refractivity contribution is 6.23. The van der Waals surface area contributed by atoms with Crippen LogP contribution in [0.25, 0.3) is 5.70 Å². The summed E-state index contributed by atoms with van der Waals surface area (Å²) in [5.41, 5.74) is 5.04. The van der Waals surface area contributed by atoms with E-state index in [0.29, 0.717) is 22.4 Å². The molecule has 124 valence electrons. The Morgan fingerprint density at radius 2 is 1.64 bits per heavy atom. The zero-order valence-corrected chi connectivity index (χ0v) is 14.0. The van der Waals surface area contributed by atoms with Crippen LogP contribution in [0.4, 0.5) is 0 Å². The van der Waals surface area contributed by atoms with Gasteiger partial charge in [0.05, 0.1) is 18.4 Å². The third kappa shape index (κ3) is 2.22. The minimum Gasteiger partial charge on any atom is -0.466 e. The smallest absolute Gasteiger partial charge is 0.336 e. The van der Waals surface area contributed by atoms with Crippen molar-refractivity contribution in [2.75, 3.05) is 7.11 Å². The van der Waals surface area contributed by atoms with Crippen molar-refractivity contribution < 1.29 is 14.3 Å². The molecule has 25 heavy (non-hydrogen) atoms. The van der Waals surface area contributed by atoms with Gasteiger partial charge in [-0.3, -0.25) is 4.79 Å². The van der Waals surface area contributed by atoms with Crippen molar-refractivity contribution in [3.8, 4) is 0 Å². The number of hydrogen-bond acceptors (Lipinski definition) is 4. The van der Waals surface area contributed by atoms with Crippen molar-refractivity contribution in [2.45, 2.75) is 12.8 Å². The first-order valence-electron chi connectivity index (χ1n) is 8.12. The molecule has 0 saturated heterocycles. The lowest BCUT2D eigenvalue weighted by Gasteiger charge is -2.29. The summed E-state index contributed by atoms with van der Waals surface area (Å²) in [6.45, 7) is 1.84. The summed E-state index contributed by atoms with van der Waals surface area (Å²) in [4.78, 5) is 25.6. The first-order chi connectivity index (χ1) is 12.1. The van der Waals surface area contributed by atoms with Crippen LogP contribution in [-0.2, 0) is 9.53 Å². The zero-order chi connectivity index (χ0) is 17.6. The van der Waals surface area contributed by atoms with Crippen molar-refractivity contribution in [3.05, 3.63) is 88.1 Å². The molecule has 0 spiro atoms. The Balaban J connectivity index is 1.96. The molecule has 4 rings (SSSR count). The Morgan fingerprint density at radius 3 is 2.32 bits per heavy atom. The van der Waals surface area contributed by atoms with Crippen LogP contribution < -0.4 is 5.32 Å². The Labute approximate surface area is 145 Å². The molecule has 1 aliphatic heterocycles. The third-order valence-electron chi connectivity index (χ3n) is 4.79. The maximum atomic E-state index is 13.1. The third-order valence-corrected chi connectivity index (χ3v) is 4.79. The second-order valence-electron chi connectivity index (χ2n) is 6.16. The summed E-state index contributed by atoms with van der Waals surface area (Å²) in [6, 6.07) is 17.1. The number of carbonyl (C=O) groups excluding carboxylic acids is 2. The average molecular weight is 331 g/mol. The summed E-state index contributed by atoms with van der Waals surface area (Å²) in [5, 5.41) is 3.27. The molecule has 2 aromatic carbocycles. The van der Waals surface area contributed by atoms with Crippen molar-refractivity contribution in [2.24, 2.45) is 0 Å². The molecule has 0 bridgehead atoms. The lowest BCUT2D eigenvalue weighted by molar-refractivity contribution is -0.136. The second-order valence-corrected chi connectivity index (χ2v) is 6.16. The van der Waals surface area contributed by atoms with E-state index in [1.807, 2.05) is 61.5 Å². The highest BCUT2D eigenvalue weighted by Gasteiger charge is 2.42. The molecule has 1 atom stereocenters. The largest absolute Gasteiger partial charge is 0.466 e. The number of ether oxygens (including phenoxy) is 1. The SMILES string of the molecule is COC(=O)C1=C(C)NC2=C(C(=O)c3ccccc32)[C@H]1c1ccccc1. The maximum Gasteiger partial charge on any atom is 0.336 e. The Bertz CT molecular complexity index is 954. The van der Waals surface area contributed by atoms with Gasteiger partial charge in [-0.2, -0.15) is 0 Å². The quantitative estimate of drug-likeness (QED) is 0.857. The number of benzene rings is 2. The average Bonchev–Trinajstić information content (AvgIpc) is 2.93. The summed E-state index contributed by atoms with van der Waals surface area (Å²) in [6.07, 6.45) is 0. The van der Waals surface area contributed by atoms with Gasteiger partial charge in [0.1, 0.15) is 0 Å². The minimum absolute atomic E-state index is 0.0409. The summed E-state index contributed by atoms with van der Waals surface area (Å²) >= 11 is 0. The van der Waals surface area contributed by atoms with E-state index in [-0.39, 0.29) is 5.78 Å². The van der Waals surface area contributed by atoms with Gasteiger partial charge in [-0.25, -0.2) is 4.79 Å². The molecule has 4 nitrogen and oxygen atoms in total. The zero-order valence-electron chi connectivity index (χ0n) is 14.0. The molecule has 1 N–H and O–H groups in total. The standard InChI is InChI=1S/C21H17NO3/c1-12-16(21(24)25-2)17(13-8-4-3-5-9-13)18-19(22-12)14-10-6-7-11-15(14)20(18)23/h3-11,17,22H,1-2H3/t17-/m0/s1. The molecule has 0 fully saturated rings. The van der Waals surface area contributed by atoms with Crippen LogP contribution in [-0.4, -0.2) is 18.9 Å². The monoisotopic (exact) mass is 331 g/mol. The molecule has 0 saturated carbocycles. The highest BCUT2D eigenvalue weighted by Crippen LogP contribution is 2.46. The maximum absolute atomic E-state index is 13.1. The Morgan fingerprint density at radius 1 is 1.00 bits per heavy atom. The lowest BCUT2D eigenvalue weighted by atomic mass is 9.80. The summed E-state index contributed by atoms with van der Waals surface area (Å²) < 4.78 is 5.00. The summed E-state index contributed by atoms with van der Waals surface area (Å²) in [7, 11) is 1.36. The van der Waals surface area contributed by atoms with E-state index >= 15 is 0 Å². The predicted molar refractivity (Wildman–Crippen MR) is 94.7 cm³/mol. The van der Waals surface area contributed by atoms with Crippen molar-refractivity contribution in [3.63, 3.8) is 0 Å². The minimum atomic E-state index is -0.440. The number of esters is 1. The van der Waals surface area contributed by atoms with E-state index in [2.05, 4.69) is 5.32 Å². The lowest BCUT2D eigenvalue weighted by Crippen LogP contribution is -2.29. The fourth-order valence-electron chi connectivity index (χ4n) is 3.69. The number of Topliss-reactive ketones (excluding diaryl/α,β-unsaturated/α-hetero) is 1. The number of hydrogen-bond donors (Lipinski definition) is 1. The topological polar surface area (TPSA) is 55.4 Å². The van der Waals surface area contributed by atoms with E-state index < -0.39 is 11.9 Å². The number of allylic oxidation sites excluding steroid dienone is 2.